The Hall–Kier alpha value is -0.450. The highest BCUT2D eigenvalue weighted by atomic mass is 32.1. The molecule has 1 aromatic rings. The van der Waals surface area contributed by atoms with Gasteiger partial charge in [-0.25, -0.2) is 4.98 Å². The molecule has 2 rings (SSSR count). The van der Waals surface area contributed by atoms with Crippen LogP contribution in [0.15, 0.2) is 6.20 Å². The maximum Gasteiger partial charge on any atom is 0.109 e. The minimum atomic E-state index is 0.367. The third-order valence-electron chi connectivity index (χ3n) is 4.08. The van der Waals surface area contributed by atoms with E-state index >= 15 is 0 Å². The number of hydrogen-bond donors (Lipinski definition) is 1. The van der Waals surface area contributed by atoms with Crippen LogP contribution in [0.2, 0.25) is 0 Å². The Bertz CT molecular complexity index is 390. The number of piperidine rings is 1. The van der Waals surface area contributed by atoms with E-state index in [1.165, 1.54) is 22.9 Å². The molecule has 0 amide bonds. The SMILES string of the molecule is Cc1cnc(C(C)NC2CC(C)N(C)CC2C)s1. The second-order valence-electron chi connectivity index (χ2n) is 5.81. The molecule has 0 saturated carbocycles. The average molecular weight is 267 g/mol. The third-order valence-corrected chi connectivity index (χ3v) is 5.18. The topological polar surface area (TPSA) is 28.2 Å². The third kappa shape index (κ3) is 3.11. The zero-order valence-electron chi connectivity index (χ0n) is 12.1. The van der Waals surface area contributed by atoms with Crippen molar-refractivity contribution < 1.29 is 0 Å². The molecule has 1 aromatic heterocycles. The van der Waals surface area contributed by atoms with Gasteiger partial charge in [0.05, 0.1) is 6.04 Å². The van der Waals surface area contributed by atoms with Gasteiger partial charge in [-0.2, -0.15) is 0 Å². The lowest BCUT2D eigenvalue weighted by molar-refractivity contribution is 0.116. The smallest absolute Gasteiger partial charge is 0.109 e. The molecule has 1 aliphatic rings. The first-order valence-corrected chi connectivity index (χ1v) is 7.67. The van der Waals surface area contributed by atoms with Crippen LogP contribution < -0.4 is 5.32 Å². The monoisotopic (exact) mass is 267 g/mol. The molecule has 1 aliphatic heterocycles. The molecule has 1 fully saturated rings. The Kier molecular flexibility index (Phi) is 4.41. The van der Waals surface area contributed by atoms with E-state index < -0.39 is 0 Å². The molecule has 2 heterocycles. The Morgan fingerprint density at radius 1 is 1.50 bits per heavy atom. The van der Waals surface area contributed by atoms with Crippen molar-refractivity contribution in [3.8, 4) is 0 Å². The van der Waals surface area contributed by atoms with Gasteiger partial charge >= 0.3 is 0 Å². The molecular weight excluding hydrogens is 242 g/mol. The van der Waals surface area contributed by atoms with Crippen molar-refractivity contribution in [3.63, 3.8) is 0 Å². The van der Waals surface area contributed by atoms with E-state index in [0.29, 0.717) is 24.0 Å². The van der Waals surface area contributed by atoms with Gasteiger partial charge in [-0.15, -0.1) is 11.3 Å². The van der Waals surface area contributed by atoms with Crippen LogP contribution in [-0.2, 0) is 0 Å². The van der Waals surface area contributed by atoms with E-state index in [2.05, 4.69) is 49.9 Å². The van der Waals surface area contributed by atoms with Crippen molar-refractivity contribution in [2.75, 3.05) is 13.6 Å². The lowest BCUT2D eigenvalue weighted by Gasteiger charge is -2.41. The Morgan fingerprint density at radius 2 is 2.22 bits per heavy atom. The van der Waals surface area contributed by atoms with E-state index in [0.717, 1.165) is 0 Å². The fourth-order valence-corrected chi connectivity index (χ4v) is 3.52. The number of nitrogens with zero attached hydrogens (tertiary/aromatic N) is 2. The molecule has 1 saturated heterocycles. The van der Waals surface area contributed by atoms with E-state index in [1.807, 2.05) is 6.20 Å². The molecule has 0 bridgehead atoms. The van der Waals surface area contributed by atoms with Gasteiger partial charge in [0.15, 0.2) is 0 Å². The Balaban J connectivity index is 1.96. The molecular formula is C14H25N3S. The van der Waals surface area contributed by atoms with E-state index in [4.69, 9.17) is 0 Å². The van der Waals surface area contributed by atoms with Gasteiger partial charge in [0.1, 0.15) is 5.01 Å². The first kappa shape index (κ1) is 14.0. The van der Waals surface area contributed by atoms with Crippen LogP contribution in [0.3, 0.4) is 0 Å². The Labute approximate surface area is 115 Å². The van der Waals surface area contributed by atoms with Crippen LogP contribution in [0, 0.1) is 12.8 Å². The predicted molar refractivity (Wildman–Crippen MR) is 78.1 cm³/mol. The summed E-state index contributed by atoms with van der Waals surface area (Å²) in [4.78, 5) is 8.24. The summed E-state index contributed by atoms with van der Waals surface area (Å²) in [6.07, 6.45) is 3.20. The molecule has 0 radical (unpaired) electrons. The normalized spacial score (nSPS) is 31.5. The van der Waals surface area contributed by atoms with Crippen molar-refractivity contribution in [1.82, 2.24) is 15.2 Å². The minimum Gasteiger partial charge on any atom is -0.305 e. The van der Waals surface area contributed by atoms with Crippen molar-refractivity contribution in [3.05, 3.63) is 16.1 Å². The zero-order valence-corrected chi connectivity index (χ0v) is 12.9. The first-order chi connectivity index (χ1) is 8.47. The Morgan fingerprint density at radius 3 is 2.83 bits per heavy atom. The number of hydrogen-bond acceptors (Lipinski definition) is 4. The highest BCUT2D eigenvalue weighted by Crippen LogP contribution is 2.25. The molecule has 0 spiro atoms. The van der Waals surface area contributed by atoms with Crippen LogP contribution in [-0.4, -0.2) is 35.6 Å². The zero-order chi connectivity index (χ0) is 13.3. The van der Waals surface area contributed by atoms with E-state index in [-0.39, 0.29) is 0 Å². The predicted octanol–water partition coefficient (Wildman–Crippen LogP) is 2.83. The van der Waals surface area contributed by atoms with Crippen LogP contribution in [0.5, 0.6) is 0 Å². The second kappa shape index (κ2) is 5.68. The van der Waals surface area contributed by atoms with Gasteiger partial charge in [0.25, 0.3) is 0 Å². The average Bonchev–Trinajstić information content (AvgIpc) is 2.73. The standard InChI is InChI=1S/C14H25N3S/c1-9-8-17(5)10(2)6-13(9)16-12(4)14-15-7-11(3)18-14/h7,9-10,12-13,16H,6,8H2,1-5H3. The van der Waals surface area contributed by atoms with E-state index in [9.17, 15) is 0 Å². The quantitative estimate of drug-likeness (QED) is 0.913. The largest absolute Gasteiger partial charge is 0.305 e. The van der Waals surface area contributed by atoms with Crippen LogP contribution in [0.4, 0.5) is 0 Å². The fourth-order valence-electron chi connectivity index (χ4n) is 2.74. The summed E-state index contributed by atoms with van der Waals surface area (Å²) in [7, 11) is 2.23. The lowest BCUT2D eigenvalue weighted by atomic mass is 9.89. The maximum atomic E-state index is 4.49. The molecule has 4 unspecified atom stereocenters. The summed E-state index contributed by atoms with van der Waals surface area (Å²) in [5.74, 6) is 0.703. The molecule has 0 aliphatic carbocycles. The molecule has 18 heavy (non-hydrogen) atoms. The number of likely N-dealkylation sites (tertiary alicyclic amines) is 1. The van der Waals surface area contributed by atoms with Gasteiger partial charge in [-0.1, -0.05) is 6.92 Å². The van der Waals surface area contributed by atoms with Gasteiger partial charge in [-0.05, 0) is 40.2 Å². The van der Waals surface area contributed by atoms with Gasteiger partial charge in [0, 0.05) is 29.7 Å². The summed E-state index contributed by atoms with van der Waals surface area (Å²) in [5, 5.41) is 4.98. The molecule has 1 N–H and O–H groups in total. The van der Waals surface area contributed by atoms with Crippen molar-refractivity contribution >= 4 is 11.3 Å². The van der Waals surface area contributed by atoms with Crippen LogP contribution in [0.25, 0.3) is 0 Å². The van der Waals surface area contributed by atoms with Crippen LogP contribution >= 0.6 is 11.3 Å². The summed E-state index contributed by atoms with van der Waals surface area (Å²) >= 11 is 1.80. The van der Waals surface area contributed by atoms with Crippen molar-refractivity contribution in [2.45, 2.75) is 52.2 Å². The number of thiazole rings is 1. The summed E-state index contributed by atoms with van der Waals surface area (Å²) < 4.78 is 0. The number of aromatic nitrogens is 1. The molecule has 102 valence electrons. The highest BCUT2D eigenvalue weighted by molar-refractivity contribution is 7.11. The van der Waals surface area contributed by atoms with Crippen molar-refractivity contribution in [1.29, 1.82) is 0 Å². The lowest BCUT2D eigenvalue weighted by Crippen LogP contribution is -2.51. The minimum absolute atomic E-state index is 0.367. The first-order valence-electron chi connectivity index (χ1n) is 6.86. The molecule has 4 heteroatoms. The second-order valence-corrected chi connectivity index (χ2v) is 7.07. The van der Waals surface area contributed by atoms with Gasteiger partial charge in [-0.3, -0.25) is 0 Å². The van der Waals surface area contributed by atoms with Crippen molar-refractivity contribution in [2.24, 2.45) is 5.92 Å². The van der Waals surface area contributed by atoms with Gasteiger partial charge in [0.2, 0.25) is 0 Å². The number of aryl methyl sites for hydroxylation is 1. The highest BCUT2D eigenvalue weighted by Gasteiger charge is 2.30. The number of nitrogens with one attached hydrogen (secondary N) is 1. The maximum absolute atomic E-state index is 4.49. The van der Waals surface area contributed by atoms with E-state index in [1.54, 1.807) is 11.3 Å². The summed E-state index contributed by atoms with van der Waals surface area (Å²) in [6.45, 7) is 10.2. The molecule has 0 aromatic carbocycles. The van der Waals surface area contributed by atoms with Gasteiger partial charge < -0.3 is 10.2 Å². The fraction of sp³-hybridized carbons (Fsp3) is 0.786. The molecule has 3 nitrogen and oxygen atoms in total. The molecule has 4 atom stereocenters. The summed E-state index contributed by atoms with van der Waals surface area (Å²) in [5.41, 5.74) is 0. The van der Waals surface area contributed by atoms with Crippen LogP contribution in [0.1, 0.15) is 43.1 Å². The summed E-state index contributed by atoms with van der Waals surface area (Å²) in [6, 6.07) is 1.64. The number of rotatable bonds is 3.